The molecule has 0 aliphatic heterocycles. The topological polar surface area (TPSA) is 84.6 Å². The summed E-state index contributed by atoms with van der Waals surface area (Å²) in [5.41, 5.74) is 1.10. The number of ether oxygens (including phenoxy) is 1. The zero-order valence-electron chi connectivity index (χ0n) is 16.5. The maximum absolute atomic E-state index is 5.65. The van der Waals surface area contributed by atoms with Crippen molar-refractivity contribution in [3.8, 4) is 5.75 Å². The van der Waals surface area contributed by atoms with Crippen LogP contribution in [0.3, 0.4) is 0 Å². The maximum Gasteiger partial charge on any atom is 0.226 e. The standard InChI is InChI=1S/C19H29N5O2.HI/c1-5-25-16-10-7-6-9-15(16)13-22-19(20-4)21-12-8-11-17-23-18(14(2)3)24-26-17;/h6-7,9-10,14H,5,8,11-13H2,1-4H3,(H2,20,21,22);1H. The maximum atomic E-state index is 5.65. The Kier molecular flexibility index (Phi) is 10.8. The Bertz CT molecular complexity index is 703. The molecule has 0 aliphatic rings. The normalized spacial score (nSPS) is 11.2. The van der Waals surface area contributed by atoms with Gasteiger partial charge < -0.3 is 19.9 Å². The Balaban J connectivity index is 0.00000364. The monoisotopic (exact) mass is 487 g/mol. The van der Waals surface area contributed by atoms with E-state index in [9.17, 15) is 0 Å². The Morgan fingerprint density at radius 2 is 2.04 bits per heavy atom. The Labute approximate surface area is 178 Å². The number of nitrogens with one attached hydrogen (secondary N) is 2. The van der Waals surface area contributed by atoms with Crippen molar-refractivity contribution in [1.29, 1.82) is 0 Å². The molecule has 0 saturated heterocycles. The van der Waals surface area contributed by atoms with Crippen molar-refractivity contribution in [1.82, 2.24) is 20.8 Å². The Morgan fingerprint density at radius 3 is 2.70 bits per heavy atom. The van der Waals surface area contributed by atoms with Crippen LogP contribution in [0.4, 0.5) is 0 Å². The van der Waals surface area contributed by atoms with Crippen LogP contribution in [0.5, 0.6) is 5.75 Å². The van der Waals surface area contributed by atoms with E-state index in [1.807, 2.05) is 31.2 Å². The molecule has 2 rings (SSSR count). The van der Waals surface area contributed by atoms with Crippen LogP contribution in [0.25, 0.3) is 0 Å². The molecular formula is C19H30IN5O2. The van der Waals surface area contributed by atoms with Crippen molar-refractivity contribution in [2.45, 2.75) is 46.1 Å². The minimum Gasteiger partial charge on any atom is -0.494 e. The van der Waals surface area contributed by atoms with Gasteiger partial charge in [0, 0.05) is 38.0 Å². The summed E-state index contributed by atoms with van der Waals surface area (Å²) in [4.78, 5) is 8.64. The van der Waals surface area contributed by atoms with Gasteiger partial charge in [-0.05, 0) is 19.4 Å². The first-order valence-corrected chi connectivity index (χ1v) is 9.11. The smallest absolute Gasteiger partial charge is 0.226 e. The molecule has 2 aromatic rings. The molecule has 0 fully saturated rings. The molecule has 1 aromatic carbocycles. The van der Waals surface area contributed by atoms with Crippen molar-refractivity contribution in [3.63, 3.8) is 0 Å². The second-order valence-electron chi connectivity index (χ2n) is 6.20. The van der Waals surface area contributed by atoms with Gasteiger partial charge in [0.15, 0.2) is 11.8 Å². The quantitative estimate of drug-likeness (QED) is 0.244. The number of aromatic nitrogens is 2. The zero-order chi connectivity index (χ0) is 18.8. The van der Waals surface area contributed by atoms with Crippen molar-refractivity contribution in [3.05, 3.63) is 41.5 Å². The molecule has 7 nitrogen and oxygen atoms in total. The molecule has 27 heavy (non-hydrogen) atoms. The van der Waals surface area contributed by atoms with Gasteiger partial charge in [0.25, 0.3) is 0 Å². The van der Waals surface area contributed by atoms with E-state index in [1.54, 1.807) is 7.05 Å². The van der Waals surface area contributed by atoms with Crippen LogP contribution in [0, 0.1) is 0 Å². The third-order valence-corrected chi connectivity index (χ3v) is 3.80. The first-order valence-electron chi connectivity index (χ1n) is 9.11. The largest absolute Gasteiger partial charge is 0.494 e. The number of benzene rings is 1. The third-order valence-electron chi connectivity index (χ3n) is 3.80. The van der Waals surface area contributed by atoms with Crippen LogP contribution in [-0.2, 0) is 13.0 Å². The number of aryl methyl sites for hydroxylation is 1. The average Bonchev–Trinajstić information content (AvgIpc) is 3.12. The lowest BCUT2D eigenvalue weighted by Crippen LogP contribution is -2.37. The summed E-state index contributed by atoms with van der Waals surface area (Å²) >= 11 is 0. The highest BCUT2D eigenvalue weighted by atomic mass is 127. The van der Waals surface area contributed by atoms with Gasteiger partial charge in [-0.2, -0.15) is 4.98 Å². The lowest BCUT2D eigenvalue weighted by atomic mass is 10.2. The average molecular weight is 487 g/mol. The lowest BCUT2D eigenvalue weighted by Gasteiger charge is -2.14. The summed E-state index contributed by atoms with van der Waals surface area (Å²) in [5.74, 6) is 3.38. The number of hydrogen-bond donors (Lipinski definition) is 2. The highest BCUT2D eigenvalue weighted by Gasteiger charge is 2.09. The van der Waals surface area contributed by atoms with Crippen LogP contribution in [-0.4, -0.2) is 36.3 Å². The number of rotatable bonds is 9. The number of halogens is 1. The molecule has 0 bridgehead atoms. The molecular weight excluding hydrogens is 457 g/mol. The van der Waals surface area contributed by atoms with Gasteiger partial charge in [-0.15, -0.1) is 24.0 Å². The lowest BCUT2D eigenvalue weighted by molar-refractivity contribution is 0.336. The SMILES string of the molecule is CCOc1ccccc1CNC(=NC)NCCCc1nc(C(C)C)no1.I. The van der Waals surface area contributed by atoms with E-state index in [2.05, 4.69) is 39.6 Å². The summed E-state index contributed by atoms with van der Waals surface area (Å²) in [7, 11) is 1.76. The molecule has 0 unspecified atom stereocenters. The minimum absolute atomic E-state index is 0. The van der Waals surface area contributed by atoms with E-state index in [0.29, 0.717) is 19.0 Å². The highest BCUT2D eigenvalue weighted by Crippen LogP contribution is 2.17. The summed E-state index contributed by atoms with van der Waals surface area (Å²) < 4.78 is 10.9. The number of guanidine groups is 1. The van der Waals surface area contributed by atoms with Gasteiger partial charge in [0.05, 0.1) is 6.61 Å². The molecule has 1 heterocycles. The van der Waals surface area contributed by atoms with Crippen molar-refractivity contribution < 1.29 is 9.26 Å². The molecule has 0 atom stereocenters. The van der Waals surface area contributed by atoms with E-state index >= 15 is 0 Å². The second-order valence-corrected chi connectivity index (χ2v) is 6.20. The first kappa shape index (κ1) is 23.2. The van der Waals surface area contributed by atoms with Crippen LogP contribution in [0.15, 0.2) is 33.8 Å². The fraction of sp³-hybridized carbons (Fsp3) is 0.526. The number of hydrogen-bond acceptors (Lipinski definition) is 5. The molecule has 0 aliphatic carbocycles. The van der Waals surface area contributed by atoms with Crippen molar-refractivity contribution in [2.24, 2.45) is 4.99 Å². The number of aliphatic imine (C=N–C) groups is 1. The van der Waals surface area contributed by atoms with Crippen LogP contribution < -0.4 is 15.4 Å². The van der Waals surface area contributed by atoms with Gasteiger partial charge in [0.2, 0.25) is 5.89 Å². The Morgan fingerprint density at radius 1 is 1.26 bits per heavy atom. The third kappa shape index (κ3) is 7.74. The predicted molar refractivity (Wildman–Crippen MR) is 118 cm³/mol. The minimum atomic E-state index is 0. The molecule has 0 spiro atoms. The van der Waals surface area contributed by atoms with Gasteiger partial charge in [-0.1, -0.05) is 37.2 Å². The zero-order valence-corrected chi connectivity index (χ0v) is 18.8. The second kappa shape index (κ2) is 12.5. The molecule has 1 aromatic heterocycles. The summed E-state index contributed by atoms with van der Waals surface area (Å²) in [6, 6.07) is 8.01. The van der Waals surface area contributed by atoms with E-state index in [4.69, 9.17) is 9.26 Å². The molecule has 0 amide bonds. The van der Waals surface area contributed by atoms with Gasteiger partial charge >= 0.3 is 0 Å². The summed E-state index contributed by atoms with van der Waals surface area (Å²) in [5, 5.41) is 10.6. The summed E-state index contributed by atoms with van der Waals surface area (Å²) in [6.45, 7) is 8.16. The predicted octanol–water partition coefficient (Wildman–Crippen LogP) is 3.51. The van der Waals surface area contributed by atoms with Crippen LogP contribution >= 0.6 is 24.0 Å². The number of nitrogens with zero attached hydrogens (tertiary/aromatic N) is 3. The van der Waals surface area contributed by atoms with E-state index in [-0.39, 0.29) is 29.9 Å². The molecule has 150 valence electrons. The first-order chi connectivity index (χ1) is 12.6. The Hall–Kier alpha value is -1.84. The van der Waals surface area contributed by atoms with Gasteiger partial charge in [0.1, 0.15) is 5.75 Å². The van der Waals surface area contributed by atoms with E-state index < -0.39 is 0 Å². The number of para-hydroxylation sites is 1. The van der Waals surface area contributed by atoms with Gasteiger partial charge in [-0.25, -0.2) is 0 Å². The highest BCUT2D eigenvalue weighted by molar-refractivity contribution is 14.0. The van der Waals surface area contributed by atoms with Gasteiger partial charge in [-0.3, -0.25) is 4.99 Å². The molecule has 2 N–H and O–H groups in total. The van der Waals surface area contributed by atoms with E-state index in [0.717, 1.165) is 42.5 Å². The molecule has 0 radical (unpaired) electrons. The molecule has 8 heteroatoms. The van der Waals surface area contributed by atoms with Crippen LogP contribution in [0.2, 0.25) is 0 Å². The van der Waals surface area contributed by atoms with Crippen molar-refractivity contribution >= 4 is 29.9 Å². The van der Waals surface area contributed by atoms with Crippen LogP contribution in [0.1, 0.15) is 50.4 Å². The summed E-state index contributed by atoms with van der Waals surface area (Å²) in [6.07, 6.45) is 1.63. The van der Waals surface area contributed by atoms with E-state index in [1.165, 1.54) is 0 Å². The fourth-order valence-electron chi connectivity index (χ4n) is 2.40. The fourth-order valence-corrected chi connectivity index (χ4v) is 2.40. The van der Waals surface area contributed by atoms with Crippen molar-refractivity contribution in [2.75, 3.05) is 20.2 Å². The molecule has 0 saturated carbocycles.